The molecule has 0 aromatic heterocycles. The van der Waals surface area contributed by atoms with Gasteiger partial charge >= 0.3 is 5.97 Å². The largest absolute Gasteiger partial charge is 0.507 e. The molecule has 2 amide bonds. The summed E-state index contributed by atoms with van der Waals surface area (Å²) in [5.41, 5.74) is 0.640. The fourth-order valence-electron chi connectivity index (χ4n) is 1.85. The summed E-state index contributed by atoms with van der Waals surface area (Å²) in [7, 11) is 1.20. The number of benzene rings is 1. The van der Waals surface area contributed by atoms with Crippen LogP contribution in [0.1, 0.15) is 12.5 Å². The highest BCUT2D eigenvalue weighted by atomic mass is 79.9. The number of hydrogen-bond acceptors (Lipinski definition) is 6. The zero-order chi connectivity index (χ0) is 16.4. The molecule has 22 heavy (non-hydrogen) atoms. The van der Waals surface area contributed by atoms with Crippen LogP contribution in [0.2, 0.25) is 0 Å². The molecule has 8 heteroatoms. The van der Waals surface area contributed by atoms with E-state index in [1.165, 1.54) is 26.2 Å². The highest BCUT2D eigenvalue weighted by Gasteiger charge is 2.41. The summed E-state index contributed by atoms with van der Waals surface area (Å²) in [6, 6.07) is 3.72. The predicted octanol–water partition coefficient (Wildman–Crippen LogP) is 2.75. The van der Waals surface area contributed by atoms with Crippen molar-refractivity contribution in [3.63, 3.8) is 0 Å². The number of methoxy groups -OCH3 is 1. The second kappa shape index (κ2) is 6.53. The van der Waals surface area contributed by atoms with Crippen molar-refractivity contribution >= 4 is 50.9 Å². The zero-order valence-corrected chi connectivity index (χ0v) is 14.1. The smallest absolute Gasteiger partial charge is 0.328 e. The fourth-order valence-corrected chi connectivity index (χ4v) is 3.16. The van der Waals surface area contributed by atoms with Crippen LogP contribution in [-0.4, -0.2) is 40.3 Å². The van der Waals surface area contributed by atoms with Gasteiger partial charge in [-0.25, -0.2) is 4.79 Å². The van der Waals surface area contributed by atoms with Crippen LogP contribution >= 0.6 is 27.7 Å². The molecule has 116 valence electrons. The summed E-state index contributed by atoms with van der Waals surface area (Å²) < 4.78 is 5.03. The lowest BCUT2D eigenvalue weighted by Crippen LogP contribution is -2.42. The molecule has 0 unspecified atom stereocenters. The minimum atomic E-state index is -0.977. The molecule has 1 aliphatic rings. The molecule has 2 rings (SSSR count). The molecule has 0 radical (unpaired) electrons. The Labute approximate surface area is 139 Å². The number of ether oxygens (including phenoxy) is 1. The number of aromatic hydroxyl groups is 1. The van der Waals surface area contributed by atoms with Crippen LogP contribution in [0.15, 0.2) is 27.6 Å². The summed E-state index contributed by atoms with van der Waals surface area (Å²) in [5, 5.41) is 8.93. The first-order valence-electron chi connectivity index (χ1n) is 6.18. The molecule has 0 spiro atoms. The van der Waals surface area contributed by atoms with Crippen molar-refractivity contribution in [3.8, 4) is 5.75 Å². The Balaban J connectivity index is 2.29. The molecular formula is C14H12BrNO5S. The number of thioether (sulfide) groups is 1. The van der Waals surface area contributed by atoms with Crippen LogP contribution in [-0.2, 0) is 14.3 Å². The van der Waals surface area contributed by atoms with Crippen LogP contribution in [0.3, 0.4) is 0 Å². The first kappa shape index (κ1) is 16.6. The van der Waals surface area contributed by atoms with Crippen LogP contribution in [0, 0.1) is 0 Å². The number of nitrogens with zero attached hydrogens (tertiary/aromatic N) is 1. The fraction of sp³-hybridized carbons (Fsp3) is 0.214. The Morgan fingerprint density at radius 3 is 2.73 bits per heavy atom. The molecule has 1 aromatic rings. The van der Waals surface area contributed by atoms with E-state index in [2.05, 4.69) is 20.7 Å². The third-order valence-corrected chi connectivity index (χ3v) is 4.54. The average molecular weight is 386 g/mol. The van der Waals surface area contributed by atoms with Crippen LogP contribution in [0.4, 0.5) is 4.79 Å². The lowest BCUT2D eigenvalue weighted by Gasteiger charge is -2.18. The molecule has 1 aliphatic heterocycles. The summed E-state index contributed by atoms with van der Waals surface area (Å²) in [6.45, 7) is 1.43. The van der Waals surface area contributed by atoms with Crippen molar-refractivity contribution in [3.05, 3.63) is 33.1 Å². The Morgan fingerprint density at radius 1 is 1.45 bits per heavy atom. The van der Waals surface area contributed by atoms with Gasteiger partial charge in [0.25, 0.3) is 11.1 Å². The van der Waals surface area contributed by atoms with Crippen molar-refractivity contribution < 1.29 is 24.2 Å². The third-order valence-electron chi connectivity index (χ3n) is 3.02. The van der Waals surface area contributed by atoms with Gasteiger partial charge in [0, 0.05) is 0 Å². The number of imide groups is 1. The number of carbonyl (C=O) groups excluding carboxylic acids is 3. The number of hydrogen-bond donors (Lipinski definition) is 1. The molecule has 1 fully saturated rings. The van der Waals surface area contributed by atoms with Crippen molar-refractivity contribution in [2.45, 2.75) is 13.0 Å². The maximum Gasteiger partial charge on any atom is 0.328 e. The topological polar surface area (TPSA) is 83.9 Å². The zero-order valence-electron chi connectivity index (χ0n) is 11.7. The van der Waals surface area contributed by atoms with Gasteiger partial charge in [-0.15, -0.1) is 0 Å². The SMILES string of the molecule is COC(=O)[C@H](C)N1C(=O)S/C(=C/c2ccc(O)c(Br)c2)C1=O. The molecule has 1 saturated heterocycles. The Morgan fingerprint density at radius 2 is 2.14 bits per heavy atom. The summed E-state index contributed by atoms with van der Waals surface area (Å²) >= 11 is 3.93. The number of halogens is 1. The van der Waals surface area contributed by atoms with E-state index in [0.717, 1.165) is 16.7 Å². The van der Waals surface area contributed by atoms with Crippen LogP contribution in [0.25, 0.3) is 6.08 Å². The minimum absolute atomic E-state index is 0.0737. The third kappa shape index (κ3) is 3.17. The second-order valence-corrected chi connectivity index (χ2v) is 6.31. The van der Waals surface area contributed by atoms with Gasteiger partial charge < -0.3 is 9.84 Å². The lowest BCUT2D eigenvalue weighted by molar-refractivity contribution is -0.148. The standard InChI is InChI=1S/C14H12BrNO5S/c1-7(13(19)21-2)16-12(18)11(22-14(16)20)6-8-3-4-10(17)9(15)5-8/h3-7,17H,1-2H3/b11-6+/t7-/m0/s1. The minimum Gasteiger partial charge on any atom is -0.507 e. The molecule has 6 nitrogen and oxygen atoms in total. The van der Waals surface area contributed by atoms with Crippen molar-refractivity contribution in [1.29, 1.82) is 0 Å². The Bertz CT molecular complexity index is 688. The normalized spacial score (nSPS) is 18.0. The molecule has 1 atom stereocenters. The van der Waals surface area contributed by atoms with E-state index >= 15 is 0 Å². The van der Waals surface area contributed by atoms with E-state index in [1.54, 1.807) is 12.1 Å². The van der Waals surface area contributed by atoms with Crippen molar-refractivity contribution in [2.75, 3.05) is 7.11 Å². The van der Waals surface area contributed by atoms with E-state index in [4.69, 9.17) is 0 Å². The van der Waals surface area contributed by atoms with Gasteiger partial charge in [-0.2, -0.15) is 0 Å². The molecule has 0 bridgehead atoms. The summed E-state index contributed by atoms with van der Waals surface area (Å²) in [4.78, 5) is 36.8. The molecular weight excluding hydrogens is 374 g/mol. The van der Waals surface area contributed by atoms with E-state index in [1.807, 2.05) is 0 Å². The summed E-state index contributed by atoms with van der Waals surface area (Å²) in [5.74, 6) is -1.13. The second-order valence-electron chi connectivity index (χ2n) is 4.46. The van der Waals surface area contributed by atoms with Crippen LogP contribution < -0.4 is 0 Å². The van der Waals surface area contributed by atoms with Crippen molar-refractivity contribution in [2.24, 2.45) is 0 Å². The van der Waals surface area contributed by atoms with Gasteiger partial charge in [-0.1, -0.05) is 6.07 Å². The van der Waals surface area contributed by atoms with Crippen LogP contribution in [0.5, 0.6) is 5.75 Å². The van der Waals surface area contributed by atoms with E-state index in [-0.39, 0.29) is 10.7 Å². The monoisotopic (exact) mass is 385 g/mol. The number of amides is 2. The molecule has 1 aromatic carbocycles. The maximum atomic E-state index is 12.3. The first-order chi connectivity index (χ1) is 10.3. The number of phenolic OH excluding ortho intramolecular Hbond substituents is 1. The lowest BCUT2D eigenvalue weighted by atomic mass is 10.2. The van der Waals surface area contributed by atoms with Gasteiger partial charge in [0.05, 0.1) is 16.5 Å². The van der Waals surface area contributed by atoms with E-state index in [0.29, 0.717) is 10.0 Å². The number of esters is 1. The maximum absolute atomic E-state index is 12.3. The van der Waals surface area contributed by atoms with Gasteiger partial charge in [-0.3, -0.25) is 14.5 Å². The van der Waals surface area contributed by atoms with E-state index < -0.39 is 23.2 Å². The molecule has 1 N–H and O–H groups in total. The first-order valence-corrected chi connectivity index (χ1v) is 7.79. The highest BCUT2D eigenvalue weighted by molar-refractivity contribution is 9.10. The Kier molecular flexibility index (Phi) is 4.92. The Hall–Kier alpha value is -1.80. The number of carbonyl (C=O) groups is 3. The number of rotatable bonds is 3. The molecule has 1 heterocycles. The molecule has 0 saturated carbocycles. The van der Waals surface area contributed by atoms with Gasteiger partial charge in [0.2, 0.25) is 0 Å². The summed E-state index contributed by atoms with van der Waals surface area (Å²) in [6.07, 6.45) is 1.53. The predicted molar refractivity (Wildman–Crippen MR) is 85.1 cm³/mol. The van der Waals surface area contributed by atoms with Gasteiger partial charge in [-0.05, 0) is 58.4 Å². The number of phenols is 1. The van der Waals surface area contributed by atoms with Crippen molar-refractivity contribution in [1.82, 2.24) is 4.90 Å². The highest BCUT2D eigenvalue weighted by Crippen LogP contribution is 2.34. The van der Waals surface area contributed by atoms with Gasteiger partial charge in [0.15, 0.2) is 0 Å². The van der Waals surface area contributed by atoms with Gasteiger partial charge in [0.1, 0.15) is 11.8 Å². The van der Waals surface area contributed by atoms with E-state index in [9.17, 15) is 19.5 Å². The quantitative estimate of drug-likeness (QED) is 0.635. The average Bonchev–Trinajstić information content (AvgIpc) is 2.75. The molecule has 0 aliphatic carbocycles.